The maximum absolute atomic E-state index is 11.6. The highest BCUT2D eigenvalue weighted by Crippen LogP contribution is 2.05. The molecule has 0 aliphatic carbocycles. The number of hydrogen-bond donors (Lipinski definition) is 0. The summed E-state index contributed by atoms with van der Waals surface area (Å²) in [7, 11) is 1.86. The minimum absolute atomic E-state index is 0.327. The maximum Gasteiger partial charge on any atom is 0.428 e. The molecule has 4 nitrogen and oxygen atoms in total. The lowest BCUT2D eigenvalue weighted by atomic mass is 10.3. The Hall–Kier alpha value is -1.29. The molecule has 1 rings (SSSR count). The third-order valence-electron chi connectivity index (χ3n) is 2.11. The van der Waals surface area contributed by atoms with Crippen molar-refractivity contribution in [3.05, 3.63) is 24.4 Å². The van der Waals surface area contributed by atoms with Crippen LogP contribution in [-0.4, -0.2) is 36.3 Å². The smallest absolute Gasteiger partial charge is 0.428 e. The molecule has 0 aromatic rings. The summed E-state index contributed by atoms with van der Waals surface area (Å²) in [5.41, 5.74) is 0. The predicted octanol–water partition coefficient (Wildman–Crippen LogP) is 2.16. The second-order valence-corrected chi connectivity index (χ2v) is 3.32. The van der Waals surface area contributed by atoms with E-state index in [-0.39, 0.29) is 6.09 Å². The Balaban J connectivity index is 2.68. The van der Waals surface area contributed by atoms with Crippen molar-refractivity contribution < 1.29 is 9.53 Å². The molecule has 0 unspecified atom stereocenters. The molecule has 15 heavy (non-hydrogen) atoms. The van der Waals surface area contributed by atoms with Gasteiger partial charge in [-0.1, -0.05) is 18.2 Å². The summed E-state index contributed by atoms with van der Waals surface area (Å²) in [5, 5.41) is 3.31. The minimum Gasteiger partial charge on any atom is -0.449 e. The highest BCUT2D eigenvalue weighted by atomic mass is 16.6. The first-order valence-electron chi connectivity index (χ1n) is 5.24. The number of hydrazine groups is 1. The van der Waals surface area contributed by atoms with Crippen LogP contribution in [0.5, 0.6) is 0 Å². The monoisotopic (exact) mass is 210 g/mol. The summed E-state index contributed by atoms with van der Waals surface area (Å²) in [6, 6.07) is 0. The highest BCUT2D eigenvalue weighted by Gasteiger charge is 2.15. The summed E-state index contributed by atoms with van der Waals surface area (Å²) < 4.78 is 4.96. The Labute approximate surface area is 90.8 Å². The zero-order chi connectivity index (χ0) is 11.1. The molecule has 1 aliphatic rings. The van der Waals surface area contributed by atoms with Gasteiger partial charge < -0.3 is 4.74 Å². The van der Waals surface area contributed by atoms with Crippen molar-refractivity contribution >= 4 is 6.09 Å². The van der Waals surface area contributed by atoms with Crippen LogP contribution in [0.3, 0.4) is 0 Å². The van der Waals surface area contributed by atoms with Gasteiger partial charge in [0.2, 0.25) is 0 Å². The van der Waals surface area contributed by atoms with Crippen molar-refractivity contribution in [3.8, 4) is 0 Å². The van der Waals surface area contributed by atoms with E-state index in [1.54, 1.807) is 13.1 Å². The molecule has 0 N–H and O–H groups in total. The Bertz CT molecular complexity index is 261. The van der Waals surface area contributed by atoms with Crippen molar-refractivity contribution in [2.24, 2.45) is 0 Å². The summed E-state index contributed by atoms with van der Waals surface area (Å²) in [6.07, 6.45) is 9.55. The number of likely N-dealkylation sites (N-methyl/N-ethyl adjacent to an activating group) is 1. The average Bonchev–Trinajstić information content (AvgIpc) is 2.30. The van der Waals surface area contributed by atoms with Crippen LogP contribution in [-0.2, 0) is 4.74 Å². The van der Waals surface area contributed by atoms with Gasteiger partial charge in [0.15, 0.2) is 0 Å². The first-order chi connectivity index (χ1) is 7.25. The second-order valence-electron chi connectivity index (χ2n) is 3.32. The molecule has 4 heteroatoms. The molecule has 0 aromatic carbocycles. The molecule has 0 saturated carbocycles. The van der Waals surface area contributed by atoms with Crippen LogP contribution in [0.25, 0.3) is 0 Å². The van der Waals surface area contributed by atoms with Gasteiger partial charge in [0.25, 0.3) is 0 Å². The molecule has 0 fully saturated rings. The Kier molecular flexibility index (Phi) is 4.90. The summed E-state index contributed by atoms with van der Waals surface area (Å²) in [5.74, 6) is 0. The Morgan fingerprint density at radius 2 is 2.07 bits per heavy atom. The number of allylic oxidation sites excluding steroid dienone is 2. The number of carbonyl (C=O) groups is 1. The zero-order valence-electron chi connectivity index (χ0n) is 9.35. The van der Waals surface area contributed by atoms with Crippen molar-refractivity contribution in [2.75, 3.05) is 20.2 Å². The van der Waals surface area contributed by atoms with Gasteiger partial charge in [0.1, 0.15) is 0 Å². The van der Waals surface area contributed by atoms with Gasteiger partial charge >= 0.3 is 6.09 Å². The third-order valence-corrected chi connectivity index (χ3v) is 2.11. The van der Waals surface area contributed by atoms with Gasteiger partial charge in [-0.15, -0.1) is 0 Å². The lowest BCUT2D eigenvalue weighted by Gasteiger charge is -2.26. The SMILES string of the molecule is CCOC(=O)N1C=CCCC=CCN1C. The van der Waals surface area contributed by atoms with E-state index in [1.807, 2.05) is 18.1 Å². The van der Waals surface area contributed by atoms with Crippen LogP contribution in [0.4, 0.5) is 4.79 Å². The summed E-state index contributed by atoms with van der Waals surface area (Å²) in [6.45, 7) is 2.91. The fourth-order valence-electron chi connectivity index (χ4n) is 1.30. The van der Waals surface area contributed by atoms with E-state index in [0.717, 1.165) is 12.8 Å². The Morgan fingerprint density at radius 1 is 1.33 bits per heavy atom. The zero-order valence-corrected chi connectivity index (χ0v) is 9.35. The van der Waals surface area contributed by atoms with Gasteiger partial charge in [-0.2, -0.15) is 0 Å². The quantitative estimate of drug-likeness (QED) is 0.622. The molecule has 1 aliphatic heterocycles. The number of carbonyl (C=O) groups excluding carboxylic acids is 1. The summed E-state index contributed by atoms with van der Waals surface area (Å²) in [4.78, 5) is 11.6. The molecule has 0 radical (unpaired) electrons. The lowest BCUT2D eigenvalue weighted by Crippen LogP contribution is -2.40. The largest absolute Gasteiger partial charge is 0.449 e. The number of rotatable bonds is 1. The highest BCUT2D eigenvalue weighted by molar-refractivity contribution is 5.68. The Morgan fingerprint density at radius 3 is 2.80 bits per heavy atom. The van der Waals surface area contributed by atoms with E-state index in [9.17, 15) is 4.79 Å². The standard InChI is InChI=1S/C11H18N2O2/c1-3-15-11(14)13-10-8-6-4-5-7-9-12(13)2/h5,7-8,10H,3-4,6,9H2,1-2H3. The van der Waals surface area contributed by atoms with Gasteiger partial charge in [-0.05, 0) is 19.8 Å². The van der Waals surface area contributed by atoms with Crippen LogP contribution < -0.4 is 0 Å². The topological polar surface area (TPSA) is 32.8 Å². The van der Waals surface area contributed by atoms with Gasteiger partial charge in [-0.3, -0.25) is 0 Å². The van der Waals surface area contributed by atoms with Crippen LogP contribution in [0.1, 0.15) is 19.8 Å². The predicted molar refractivity (Wildman–Crippen MR) is 59.0 cm³/mol. The minimum atomic E-state index is -0.327. The second kappa shape index (κ2) is 6.24. The summed E-state index contributed by atoms with van der Waals surface area (Å²) >= 11 is 0. The molecule has 1 amide bonds. The van der Waals surface area contributed by atoms with E-state index in [2.05, 4.69) is 12.2 Å². The van der Waals surface area contributed by atoms with Crippen molar-refractivity contribution in [3.63, 3.8) is 0 Å². The molecule has 84 valence electrons. The first kappa shape index (κ1) is 11.8. The average molecular weight is 210 g/mol. The van der Waals surface area contributed by atoms with Crippen LogP contribution in [0, 0.1) is 0 Å². The molecule has 1 heterocycles. The fraction of sp³-hybridized carbons (Fsp3) is 0.545. The number of nitrogens with zero attached hydrogens (tertiary/aromatic N) is 2. The van der Waals surface area contributed by atoms with Crippen LogP contribution in [0.15, 0.2) is 24.4 Å². The number of amides is 1. The maximum atomic E-state index is 11.6. The van der Waals surface area contributed by atoms with Gasteiger partial charge in [0, 0.05) is 19.8 Å². The van der Waals surface area contributed by atoms with Gasteiger partial charge in [-0.25, -0.2) is 14.8 Å². The molecule has 0 atom stereocenters. The lowest BCUT2D eigenvalue weighted by molar-refractivity contribution is 0.0383. The van der Waals surface area contributed by atoms with E-state index in [1.165, 1.54) is 5.01 Å². The molecular weight excluding hydrogens is 192 g/mol. The first-order valence-corrected chi connectivity index (χ1v) is 5.24. The normalized spacial score (nSPS) is 18.1. The number of hydrogen-bond acceptors (Lipinski definition) is 3. The van der Waals surface area contributed by atoms with Crippen LogP contribution >= 0.6 is 0 Å². The molecule has 0 bridgehead atoms. The molecule has 0 saturated heterocycles. The van der Waals surface area contributed by atoms with Gasteiger partial charge in [0.05, 0.1) is 6.61 Å². The van der Waals surface area contributed by atoms with Crippen LogP contribution in [0.2, 0.25) is 0 Å². The van der Waals surface area contributed by atoms with Crippen molar-refractivity contribution in [1.82, 2.24) is 10.0 Å². The molecule has 0 spiro atoms. The molecule has 0 aromatic heterocycles. The van der Waals surface area contributed by atoms with E-state index >= 15 is 0 Å². The van der Waals surface area contributed by atoms with E-state index in [0.29, 0.717) is 13.2 Å². The van der Waals surface area contributed by atoms with E-state index in [4.69, 9.17) is 4.74 Å². The van der Waals surface area contributed by atoms with E-state index < -0.39 is 0 Å². The fourth-order valence-corrected chi connectivity index (χ4v) is 1.30. The number of ether oxygens (including phenoxy) is 1. The van der Waals surface area contributed by atoms with Crippen molar-refractivity contribution in [2.45, 2.75) is 19.8 Å². The third kappa shape index (κ3) is 3.75. The molecular formula is C11H18N2O2. The van der Waals surface area contributed by atoms with Crippen molar-refractivity contribution in [1.29, 1.82) is 0 Å².